The lowest BCUT2D eigenvalue weighted by atomic mass is 10.1. The summed E-state index contributed by atoms with van der Waals surface area (Å²) >= 11 is 12.0. The number of nitrogens with zero attached hydrogens (tertiary/aromatic N) is 1. The van der Waals surface area contributed by atoms with Crippen LogP contribution in [0.4, 0.5) is 5.69 Å². The van der Waals surface area contributed by atoms with Gasteiger partial charge in [0.2, 0.25) is 0 Å². The maximum absolute atomic E-state index is 13.0. The molecule has 1 aliphatic heterocycles. The molecule has 3 aromatic carbocycles. The van der Waals surface area contributed by atoms with Crippen LogP contribution in [0, 0.1) is 6.92 Å². The molecule has 1 heterocycles. The van der Waals surface area contributed by atoms with Crippen LogP contribution in [0.2, 0.25) is 10.0 Å². The molecule has 0 fully saturated rings. The Balaban J connectivity index is 1.50. The summed E-state index contributed by atoms with van der Waals surface area (Å²) in [6.45, 7) is 2.39. The fourth-order valence-corrected chi connectivity index (χ4v) is 3.93. The SMILES string of the molecule is CC(=O)Oc1ccc(C(=O)COC(=O)c2ccc(C)c(N3C(=O)c4cc(Cl)c(Cl)cc4C3=O)c2)cc1. The van der Waals surface area contributed by atoms with Crippen LogP contribution in [0.3, 0.4) is 0 Å². The molecule has 36 heavy (non-hydrogen) atoms. The second kappa shape index (κ2) is 9.93. The number of rotatable bonds is 6. The van der Waals surface area contributed by atoms with Gasteiger partial charge in [-0.05, 0) is 61.0 Å². The highest BCUT2D eigenvalue weighted by Gasteiger charge is 2.38. The quantitative estimate of drug-likeness (QED) is 0.191. The van der Waals surface area contributed by atoms with Crippen LogP contribution in [0.5, 0.6) is 5.75 Å². The summed E-state index contributed by atoms with van der Waals surface area (Å²) in [6, 6.07) is 12.8. The van der Waals surface area contributed by atoms with Crippen molar-refractivity contribution < 1.29 is 33.4 Å². The highest BCUT2D eigenvalue weighted by molar-refractivity contribution is 6.44. The Morgan fingerprint density at radius 2 is 1.39 bits per heavy atom. The van der Waals surface area contributed by atoms with Crippen LogP contribution in [-0.2, 0) is 9.53 Å². The molecule has 10 heteroatoms. The average Bonchev–Trinajstić information content (AvgIpc) is 3.07. The lowest BCUT2D eigenvalue weighted by Crippen LogP contribution is -2.30. The maximum atomic E-state index is 13.0. The van der Waals surface area contributed by atoms with E-state index >= 15 is 0 Å². The average molecular weight is 526 g/mol. The zero-order valence-electron chi connectivity index (χ0n) is 19.0. The Kier molecular flexibility index (Phi) is 6.92. The Morgan fingerprint density at radius 1 is 0.833 bits per heavy atom. The van der Waals surface area contributed by atoms with Gasteiger partial charge in [0.05, 0.1) is 32.4 Å². The number of esters is 2. The topological polar surface area (TPSA) is 107 Å². The highest BCUT2D eigenvalue weighted by Crippen LogP contribution is 2.35. The number of carbonyl (C=O) groups is 5. The number of hydrogen-bond donors (Lipinski definition) is 0. The summed E-state index contributed by atoms with van der Waals surface area (Å²) < 4.78 is 10.1. The van der Waals surface area contributed by atoms with Crippen molar-refractivity contribution in [3.63, 3.8) is 0 Å². The predicted molar refractivity (Wildman–Crippen MR) is 131 cm³/mol. The molecule has 2 amide bonds. The lowest BCUT2D eigenvalue weighted by Gasteiger charge is -2.17. The number of ketones is 1. The van der Waals surface area contributed by atoms with Crippen LogP contribution in [-0.4, -0.2) is 36.1 Å². The number of halogens is 2. The fourth-order valence-electron chi connectivity index (χ4n) is 3.60. The van der Waals surface area contributed by atoms with Gasteiger partial charge in [-0.1, -0.05) is 29.3 Å². The van der Waals surface area contributed by atoms with E-state index in [1.807, 2.05) is 0 Å². The molecule has 182 valence electrons. The smallest absolute Gasteiger partial charge is 0.338 e. The Bertz CT molecular complexity index is 1410. The number of fused-ring (bicyclic) bond motifs is 1. The van der Waals surface area contributed by atoms with E-state index in [-0.39, 0.29) is 43.7 Å². The molecule has 1 aliphatic rings. The summed E-state index contributed by atoms with van der Waals surface area (Å²) in [5.41, 5.74) is 1.25. The van der Waals surface area contributed by atoms with Crippen molar-refractivity contribution >= 4 is 58.4 Å². The number of hydrogen-bond acceptors (Lipinski definition) is 7. The summed E-state index contributed by atoms with van der Waals surface area (Å²) in [4.78, 5) is 62.9. The molecule has 8 nitrogen and oxygen atoms in total. The van der Waals surface area contributed by atoms with Crippen molar-refractivity contribution in [3.8, 4) is 5.75 Å². The number of amides is 2. The molecule has 3 aromatic rings. The van der Waals surface area contributed by atoms with Crippen molar-refractivity contribution in [1.29, 1.82) is 0 Å². The van der Waals surface area contributed by atoms with E-state index in [4.69, 9.17) is 32.7 Å². The number of Topliss-reactive ketones (excluding diaryl/α,β-unsaturated/α-hetero) is 1. The molecular formula is C26H17Cl2NO7. The molecular weight excluding hydrogens is 509 g/mol. The number of aryl methyl sites for hydroxylation is 1. The number of ether oxygens (including phenoxy) is 2. The number of carbonyl (C=O) groups excluding carboxylic acids is 5. The van der Waals surface area contributed by atoms with E-state index in [1.165, 1.54) is 55.5 Å². The summed E-state index contributed by atoms with van der Waals surface area (Å²) in [5.74, 6) is -2.71. The highest BCUT2D eigenvalue weighted by atomic mass is 35.5. The van der Waals surface area contributed by atoms with Crippen LogP contribution in [0.25, 0.3) is 0 Å². The zero-order chi connectivity index (χ0) is 26.1. The first-order valence-electron chi connectivity index (χ1n) is 10.5. The third-order valence-corrected chi connectivity index (χ3v) is 6.11. The summed E-state index contributed by atoms with van der Waals surface area (Å²) in [6.07, 6.45) is 0. The van der Waals surface area contributed by atoms with E-state index < -0.39 is 36.1 Å². The Morgan fingerprint density at radius 3 is 1.94 bits per heavy atom. The van der Waals surface area contributed by atoms with Crippen LogP contribution >= 0.6 is 23.2 Å². The number of imide groups is 1. The van der Waals surface area contributed by atoms with Gasteiger partial charge in [-0.25, -0.2) is 9.69 Å². The minimum Gasteiger partial charge on any atom is -0.454 e. The van der Waals surface area contributed by atoms with Crippen molar-refractivity contribution in [1.82, 2.24) is 0 Å². The maximum Gasteiger partial charge on any atom is 0.338 e. The Hall–Kier alpha value is -4.01. The molecule has 0 N–H and O–H groups in total. The van der Waals surface area contributed by atoms with Crippen molar-refractivity contribution in [2.24, 2.45) is 0 Å². The zero-order valence-corrected chi connectivity index (χ0v) is 20.5. The first-order valence-corrected chi connectivity index (χ1v) is 11.3. The minimum absolute atomic E-state index is 0.0428. The fraction of sp³-hybridized carbons (Fsp3) is 0.115. The third kappa shape index (κ3) is 4.86. The standard InChI is InChI=1S/C26H17Cl2NO7/c1-13-3-4-16(26(34)35-12-23(31)15-5-7-17(8-6-15)36-14(2)30)9-22(13)29-24(32)18-10-20(27)21(28)11-19(18)25(29)33/h3-11H,12H2,1-2H3. The molecule has 0 aromatic heterocycles. The van der Waals surface area contributed by atoms with Crippen LogP contribution < -0.4 is 9.64 Å². The van der Waals surface area contributed by atoms with E-state index in [0.717, 1.165) is 4.90 Å². The first-order chi connectivity index (χ1) is 17.1. The molecule has 0 saturated carbocycles. The molecule has 0 radical (unpaired) electrons. The first kappa shape index (κ1) is 25.1. The Labute approximate surface area is 215 Å². The van der Waals surface area contributed by atoms with Crippen molar-refractivity contribution in [2.75, 3.05) is 11.5 Å². The van der Waals surface area contributed by atoms with Gasteiger partial charge in [-0.2, -0.15) is 0 Å². The molecule has 0 atom stereocenters. The van der Waals surface area contributed by atoms with Gasteiger partial charge >= 0.3 is 11.9 Å². The molecule has 0 unspecified atom stereocenters. The largest absolute Gasteiger partial charge is 0.454 e. The number of benzene rings is 3. The van der Waals surface area contributed by atoms with E-state index in [1.54, 1.807) is 13.0 Å². The minimum atomic E-state index is -0.816. The summed E-state index contributed by atoms with van der Waals surface area (Å²) in [7, 11) is 0. The van der Waals surface area contributed by atoms with Crippen molar-refractivity contribution in [3.05, 3.63) is 92.5 Å². The van der Waals surface area contributed by atoms with E-state index in [9.17, 15) is 24.0 Å². The van der Waals surface area contributed by atoms with Gasteiger partial charge in [0.25, 0.3) is 11.8 Å². The molecule has 4 rings (SSSR count). The van der Waals surface area contributed by atoms with Gasteiger partial charge < -0.3 is 9.47 Å². The van der Waals surface area contributed by atoms with Gasteiger partial charge in [-0.3, -0.25) is 19.2 Å². The second-order valence-electron chi connectivity index (χ2n) is 7.88. The summed E-state index contributed by atoms with van der Waals surface area (Å²) in [5, 5.41) is 0.274. The lowest BCUT2D eigenvalue weighted by molar-refractivity contribution is -0.131. The van der Waals surface area contributed by atoms with Crippen LogP contribution in [0.15, 0.2) is 54.6 Å². The van der Waals surface area contributed by atoms with Gasteiger partial charge in [0, 0.05) is 12.5 Å². The molecule has 0 spiro atoms. The van der Waals surface area contributed by atoms with Gasteiger partial charge in [0.15, 0.2) is 12.4 Å². The van der Waals surface area contributed by atoms with Gasteiger partial charge in [-0.15, -0.1) is 0 Å². The van der Waals surface area contributed by atoms with E-state index in [2.05, 4.69) is 0 Å². The molecule has 0 bridgehead atoms. The van der Waals surface area contributed by atoms with Crippen molar-refractivity contribution in [2.45, 2.75) is 13.8 Å². The van der Waals surface area contributed by atoms with Crippen LogP contribution in [0.1, 0.15) is 53.9 Å². The molecule has 0 aliphatic carbocycles. The number of anilines is 1. The van der Waals surface area contributed by atoms with E-state index in [0.29, 0.717) is 5.56 Å². The third-order valence-electron chi connectivity index (χ3n) is 5.39. The normalized spacial score (nSPS) is 12.4. The van der Waals surface area contributed by atoms with Gasteiger partial charge in [0.1, 0.15) is 5.75 Å². The predicted octanol–water partition coefficient (Wildman–Crippen LogP) is 5.07. The monoisotopic (exact) mass is 525 g/mol. The second-order valence-corrected chi connectivity index (χ2v) is 8.69. The molecule has 0 saturated heterocycles.